The first-order chi connectivity index (χ1) is 9.90. The van der Waals surface area contributed by atoms with E-state index in [2.05, 4.69) is 9.80 Å². The first-order valence-electron chi connectivity index (χ1n) is 8.58. The smallest absolute Gasteiger partial charge is 0.0702 e. The summed E-state index contributed by atoms with van der Waals surface area (Å²) >= 11 is 0. The maximum Gasteiger partial charge on any atom is 0.0702 e. The van der Waals surface area contributed by atoms with Gasteiger partial charge in [-0.25, -0.2) is 0 Å². The van der Waals surface area contributed by atoms with Gasteiger partial charge in [-0.2, -0.15) is 0 Å². The summed E-state index contributed by atoms with van der Waals surface area (Å²) in [4.78, 5) is 5.18. The van der Waals surface area contributed by atoms with Gasteiger partial charge in [0.05, 0.1) is 12.2 Å². The van der Waals surface area contributed by atoms with Crippen LogP contribution in [0.3, 0.4) is 0 Å². The topological polar surface area (TPSA) is 24.9 Å². The van der Waals surface area contributed by atoms with Crippen molar-refractivity contribution >= 4 is 0 Å². The van der Waals surface area contributed by atoms with E-state index in [9.17, 15) is 0 Å². The van der Waals surface area contributed by atoms with E-state index in [1.807, 2.05) is 0 Å². The monoisotopic (exact) mass is 282 g/mol. The van der Waals surface area contributed by atoms with Crippen molar-refractivity contribution in [3.8, 4) is 0 Å². The van der Waals surface area contributed by atoms with E-state index in [-0.39, 0.29) is 0 Å². The second-order valence-electron chi connectivity index (χ2n) is 6.58. The highest BCUT2D eigenvalue weighted by atomic mass is 16.5. The third kappa shape index (κ3) is 4.42. The summed E-state index contributed by atoms with van der Waals surface area (Å²) in [5, 5.41) is 0. The molecule has 3 rings (SSSR count). The molecule has 0 saturated carbocycles. The van der Waals surface area contributed by atoms with E-state index >= 15 is 0 Å². The molecular weight excluding hydrogens is 252 g/mol. The Bertz CT molecular complexity index is 240. The SMILES string of the molecule is C1CC[C@@H](CN2CCN(C[C@@H]3CCCCO3)CC2)OC1. The molecule has 0 spiro atoms. The van der Waals surface area contributed by atoms with Gasteiger partial charge in [-0.15, -0.1) is 0 Å². The van der Waals surface area contributed by atoms with Gasteiger partial charge in [-0.05, 0) is 38.5 Å². The highest BCUT2D eigenvalue weighted by Gasteiger charge is 2.24. The lowest BCUT2D eigenvalue weighted by atomic mass is 10.1. The van der Waals surface area contributed by atoms with Crippen molar-refractivity contribution < 1.29 is 9.47 Å². The third-order valence-electron chi connectivity index (χ3n) is 4.94. The van der Waals surface area contributed by atoms with Crippen LogP contribution < -0.4 is 0 Å². The molecule has 3 aliphatic heterocycles. The zero-order valence-corrected chi connectivity index (χ0v) is 12.8. The summed E-state index contributed by atoms with van der Waals surface area (Å²) in [7, 11) is 0. The second kappa shape index (κ2) is 7.74. The molecule has 0 bridgehead atoms. The van der Waals surface area contributed by atoms with Gasteiger partial charge in [0.1, 0.15) is 0 Å². The molecule has 4 nitrogen and oxygen atoms in total. The van der Waals surface area contributed by atoms with E-state index in [4.69, 9.17) is 9.47 Å². The zero-order valence-electron chi connectivity index (χ0n) is 12.8. The summed E-state index contributed by atoms with van der Waals surface area (Å²) < 4.78 is 11.7. The molecule has 3 aliphatic rings. The van der Waals surface area contributed by atoms with Gasteiger partial charge < -0.3 is 9.47 Å². The molecule has 0 unspecified atom stereocenters. The Kier molecular flexibility index (Phi) is 5.71. The molecule has 3 fully saturated rings. The minimum absolute atomic E-state index is 0.497. The molecule has 0 amide bonds. The van der Waals surface area contributed by atoms with Gasteiger partial charge in [0.2, 0.25) is 0 Å². The summed E-state index contributed by atoms with van der Waals surface area (Å²) in [6.45, 7) is 9.05. The molecule has 0 aliphatic carbocycles. The van der Waals surface area contributed by atoms with Crippen LogP contribution in [0, 0.1) is 0 Å². The van der Waals surface area contributed by atoms with Crippen LogP contribution in [-0.2, 0) is 9.47 Å². The molecule has 0 aromatic carbocycles. The Labute approximate surface area is 123 Å². The average Bonchev–Trinajstić information content (AvgIpc) is 2.51. The van der Waals surface area contributed by atoms with E-state index in [0.717, 1.165) is 26.3 Å². The van der Waals surface area contributed by atoms with E-state index in [1.165, 1.54) is 64.7 Å². The molecule has 20 heavy (non-hydrogen) atoms. The lowest BCUT2D eigenvalue weighted by Crippen LogP contribution is -2.51. The molecule has 0 aromatic rings. The van der Waals surface area contributed by atoms with Crippen LogP contribution >= 0.6 is 0 Å². The minimum atomic E-state index is 0.497. The Morgan fingerprint density at radius 3 is 1.45 bits per heavy atom. The lowest BCUT2D eigenvalue weighted by molar-refractivity contribution is -0.0299. The van der Waals surface area contributed by atoms with Crippen molar-refractivity contribution in [1.82, 2.24) is 9.80 Å². The summed E-state index contributed by atoms with van der Waals surface area (Å²) in [5.41, 5.74) is 0. The fourth-order valence-corrected chi connectivity index (χ4v) is 3.63. The van der Waals surface area contributed by atoms with Crippen molar-refractivity contribution in [2.45, 2.75) is 50.7 Å². The predicted molar refractivity (Wildman–Crippen MR) is 80.1 cm³/mol. The normalized spacial score (nSPS) is 34.2. The number of nitrogens with zero attached hydrogens (tertiary/aromatic N) is 2. The van der Waals surface area contributed by atoms with Gasteiger partial charge in [-0.1, -0.05) is 0 Å². The fourth-order valence-electron chi connectivity index (χ4n) is 3.63. The van der Waals surface area contributed by atoms with Crippen molar-refractivity contribution in [3.63, 3.8) is 0 Å². The van der Waals surface area contributed by atoms with Crippen LogP contribution in [0.25, 0.3) is 0 Å². The minimum Gasteiger partial charge on any atom is -0.377 e. The van der Waals surface area contributed by atoms with Crippen molar-refractivity contribution in [3.05, 3.63) is 0 Å². The van der Waals surface area contributed by atoms with Crippen LogP contribution in [0.2, 0.25) is 0 Å². The van der Waals surface area contributed by atoms with Crippen molar-refractivity contribution in [1.29, 1.82) is 0 Å². The first kappa shape index (κ1) is 14.8. The van der Waals surface area contributed by atoms with Crippen LogP contribution in [0.1, 0.15) is 38.5 Å². The maximum atomic E-state index is 5.85. The van der Waals surface area contributed by atoms with Crippen LogP contribution in [0.5, 0.6) is 0 Å². The van der Waals surface area contributed by atoms with Crippen LogP contribution in [0.15, 0.2) is 0 Å². The van der Waals surface area contributed by atoms with E-state index < -0.39 is 0 Å². The molecule has 4 heteroatoms. The largest absolute Gasteiger partial charge is 0.377 e. The highest BCUT2D eigenvalue weighted by Crippen LogP contribution is 2.17. The number of hydrogen-bond acceptors (Lipinski definition) is 4. The quantitative estimate of drug-likeness (QED) is 0.784. The number of ether oxygens (including phenoxy) is 2. The number of rotatable bonds is 4. The molecule has 0 aromatic heterocycles. The van der Waals surface area contributed by atoms with Crippen LogP contribution in [-0.4, -0.2) is 74.5 Å². The summed E-state index contributed by atoms with van der Waals surface area (Å²) in [6.07, 6.45) is 8.73. The maximum absolute atomic E-state index is 5.85. The Morgan fingerprint density at radius 2 is 1.10 bits per heavy atom. The summed E-state index contributed by atoms with van der Waals surface area (Å²) in [6, 6.07) is 0. The summed E-state index contributed by atoms with van der Waals surface area (Å²) in [5.74, 6) is 0. The second-order valence-corrected chi connectivity index (χ2v) is 6.58. The average molecular weight is 282 g/mol. The van der Waals surface area contributed by atoms with E-state index in [0.29, 0.717) is 12.2 Å². The Hall–Kier alpha value is -0.160. The highest BCUT2D eigenvalue weighted by molar-refractivity contribution is 4.78. The molecule has 2 atom stereocenters. The molecule has 0 radical (unpaired) electrons. The van der Waals surface area contributed by atoms with Crippen molar-refractivity contribution in [2.75, 3.05) is 52.5 Å². The first-order valence-corrected chi connectivity index (χ1v) is 8.58. The van der Waals surface area contributed by atoms with Gasteiger partial charge in [0, 0.05) is 52.5 Å². The lowest BCUT2D eigenvalue weighted by Gasteiger charge is -2.38. The standard InChI is InChI=1S/C16H30N2O2/c1-3-11-19-15(5-1)13-17-7-9-18(10-8-17)14-16-6-2-4-12-20-16/h15-16H,1-14H2/t15-,16-/m0/s1. The number of piperazine rings is 1. The van der Waals surface area contributed by atoms with Gasteiger partial charge in [0.15, 0.2) is 0 Å². The van der Waals surface area contributed by atoms with Crippen LogP contribution in [0.4, 0.5) is 0 Å². The molecule has 3 saturated heterocycles. The van der Waals surface area contributed by atoms with Gasteiger partial charge in [0.25, 0.3) is 0 Å². The number of hydrogen-bond donors (Lipinski definition) is 0. The third-order valence-corrected chi connectivity index (χ3v) is 4.94. The van der Waals surface area contributed by atoms with E-state index in [1.54, 1.807) is 0 Å². The predicted octanol–water partition coefficient (Wildman–Crippen LogP) is 1.74. The zero-order chi connectivity index (χ0) is 13.6. The molecular formula is C16H30N2O2. The molecule has 0 N–H and O–H groups in total. The molecule has 3 heterocycles. The Balaban J connectivity index is 1.33. The Morgan fingerprint density at radius 1 is 0.650 bits per heavy atom. The van der Waals surface area contributed by atoms with Gasteiger partial charge >= 0.3 is 0 Å². The van der Waals surface area contributed by atoms with Crippen molar-refractivity contribution in [2.24, 2.45) is 0 Å². The molecule has 116 valence electrons. The fraction of sp³-hybridized carbons (Fsp3) is 1.00. The van der Waals surface area contributed by atoms with Gasteiger partial charge in [-0.3, -0.25) is 9.80 Å².